The van der Waals surface area contributed by atoms with Crippen molar-refractivity contribution in [1.29, 1.82) is 0 Å². The van der Waals surface area contributed by atoms with Crippen molar-refractivity contribution in [3.63, 3.8) is 0 Å². The van der Waals surface area contributed by atoms with Crippen LogP contribution in [0.1, 0.15) is 26.7 Å². The molecular weight excluding hydrogens is 242 g/mol. The van der Waals surface area contributed by atoms with Crippen LogP contribution >= 0.6 is 0 Å². The van der Waals surface area contributed by atoms with Gasteiger partial charge in [0.15, 0.2) is 5.96 Å². The molecule has 0 bridgehead atoms. The van der Waals surface area contributed by atoms with Crippen molar-refractivity contribution < 1.29 is 9.47 Å². The molecule has 2 saturated heterocycles. The van der Waals surface area contributed by atoms with E-state index in [1.807, 2.05) is 7.05 Å². The highest BCUT2D eigenvalue weighted by atomic mass is 16.5. The predicted molar refractivity (Wildman–Crippen MR) is 76.5 cm³/mol. The van der Waals surface area contributed by atoms with Gasteiger partial charge >= 0.3 is 0 Å². The molecule has 2 fully saturated rings. The van der Waals surface area contributed by atoms with Gasteiger partial charge in [0.2, 0.25) is 0 Å². The number of hydrogen-bond donors (Lipinski definition) is 1. The fraction of sp³-hybridized carbons (Fsp3) is 0.929. The van der Waals surface area contributed by atoms with E-state index in [1.54, 1.807) is 7.11 Å². The summed E-state index contributed by atoms with van der Waals surface area (Å²) < 4.78 is 11.0. The molecule has 1 N–H and O–H groups in total. The number of nitrogens with one attached hydrogen (secondary N) is 1. The first-order chi connectivity index (χ1) is 9.00. The van der Waals surface area contributed by atoms with E-state index in [9.17, 15) is 0 Å². The second kappa shape index (κ2) is 5.67. The van der Waals surface area contributed by atoms with E-state index in [4.69, 9.17) is 9.47 Å². The Morgan fingerprint density at radius 3 is 2.84 bits per heavy atom. The van der Waals surface area contributed by atoms with Gasteiger partial charge < -0.3 is 19.7 Å². The van der Waals surface area contributed by atoms with Crippen molar-refractivity contribution in [2.45, 2.75) is 32.3 Å². The lowest BCUT2D eigenvalue weighted by Gasteiger charge is -2.28. The largest absolute Gasteiger partial charge is 0.381 e. The van der Waals surface area contributed by atoms with Crippen molar-refractivity contribution in [3.8, 4) is 0 Å². The lowest BCUT2D eigenvalue weighted by atomic mass is 9.87. The Labute approximate surface area is 116 Å². The van der Waals surface area contributed by atoms with E-state index < -0.39 is 0 Å². The molecule has 1 spiro atoms. The second-order valence-electron chi connectivity index (χ2n) is 6.34. The first-order valence-corrected chi connectivity index (χ1v) is 7.09. The van der Waals surface area contributed by atoms with Crippen LogP contribution in [0.2, 0.25) is 0 Å². The highest BCUT2D eigenvalue weighted by Crippen LogP contribution is 2.38. The van der Waals surface area contributed by atoms with Crippen LogP contribution in [0.25, 0.3) is 0 Å². The molecule has 5 heteroatoms. The van der Waals surface area contributed by atoms with E-state index >= 15 is 0 Å². The van der Waals surface area contributed by atoms with E-state index in [-0.39, 0.29) is 5.60 Å². The minimum atomic E-state index is -0.177. The molecule has 0 radical (unpaired) electrons. The number of nitrogens with zero attached hydrogens (tertiary/aromatic N) is 2. The number of rotatable bonds is 3. The minimum absolute atomic E-state index is 0.177. The predicted octanol–water partition coefficient (Wildman–Crippen LogP) is 1.10. The van der Waals surface area contributed by atoms with Gasteiger partial charge in [0.05, 0.1) is 12.2 Å². The smallest absolute Gasteiger partial charge is 0.193 e. The fourth-order valence-electron chi connectivity index (χ4n) is 2.78. The standard InChI is InChI=1S/C14H27N3O2/c1-13(2,18-4)9-16-12(15-3)17-7-5-14(10-17)6-8-19-11-14/h5-11H2,1-4H3,(H,15,16). The van der Waals surface area contributed by atoms with Crippen LogP contribution in [0.5, 0.6) is 0 Å². The Morgan fingerprint density at radius 1 is 1.47 bits per heavy atom. The first-order valence-electron chi connectivity index (χ1n) is 7.09. The van der Waals surface area contributed by atoms with E-state index in [0.29, 0.717) is 5.41 Å². The lowest BCUT2D eigenvalue weighted by Crippen LogP contribution is -2.47. The summed E-state index contributed by atoms with van der Waals surface area (Å²) in [4.78, 5) is 6.74. The van der Waals surface area contributed by atoms with Gasteiger partial charge in [-0.25, -0.2) is 0 Å². The Balaban J connectivity index is 1.89. The summed E-state index contributed by atoms with van der Waals surface area (Å²) in [6.45, 7) is 8.85. The van der Waals surface area contributed by atoms with Gasteiger partial charge in [-0.2, -0.15) is 0 Å². The number of hydrogen-bond acceptors (Lipinski definition) is 3. The van der Waals surface area contributed by atoms with Crippen molar-refractivity contribution in [2.24, 2.45) is 10.4 Å². The Bertz CT molecular complexity index is 336. The maximum Gasteiger partial charge on any atom is 0.193 e. The molecule has 19 heavy (non-hydrogen) atoms. The molecule has 110 valence electrons. The molecule has 0 aromatic heterocycles. The molecule has 2 aliphatic heterocycles. The van der Waals surface area contributed by atoms with Crippen LogP contribution in [-0.2, 0) is 9.47 Å². The maximum absolute atomic E-state index is 5.57. The normalized spacial score (nSPS) is 28.4. The van der Waals surface area contributed by atoms with Crippen LogP contribution in [-0.4, -0.2) is 63.5 Å². The maximum atomic E-state index is 5.57. The Kier molecular flexibility index (Phi) is 4.36. The van der Waals surface area contributed by atoms with E-state index in [2.05, 4.69) is 29.1 Å². The van der Waals surface area contributed by atoms with Crippen molar-refractivity contribution in [1.82, 2.24) is 10.2 Å². The highest BCUT2D eigenvalue weighted by Gasteiger charge is 2.42. The fourth-order valence-corrected chi connectivity index (χ4v) is 2.78. The molecule has 5 nitrogen and oxygen atoms in total. The topological polar surface area (TPSA) is 46.1 Å². The molecule has 2 rings (SSSR count). The van der Waals surface area contributed by atoms with Gasteiger partial charge in [-0.05, 0) is 26.7 Å². The molecule has 0 amide bonds. The Hall–Kier alpha value is -0.810. The quantitative estimate of drug-likeness (QED) is 0.615. The van der Waals surface area contributed by atoms with Gasteiger partial charge in [-0.1, -0.05) is 0 Å². The molecule has 2 aliphatic rings. The molecule has 1 atom stereocenters. The van der Waals surface area contributed by atoms with Crippen LogP contribution < -0.4 is 5.32 Å². The van der Waals surface area contributed by atoms with E-state index in [1.165, 1.54) is 12.8 Å². The van der Waals surface area contributed by atoms with Crippen LogP contribution in [0, 0.1) is 5.41 Å². The van der Waals surface area contributed by atoms with Gasteiger partial charge in [-0.15, -0.1) is 0 Å². The van der Waals surface area contributed by atoms with E-state index in [0.717, 1.165) is 38.8 Å². The van der Waals surface area contributed by atoms with Crippen LogP contribution in [0.4, 0.5) is 0 Å². The number of guanidine groups is 1. The highest BCUT2D eigenvalue weighted by molar-refractivity contribution is 5.80. The zero-order valence-corrected chi connectivity index (χ0v) is 12.7. The molecular formula is C14H27N3O2. The average Bonchev–Trinajstić information content (AvgIpc) is 3.02. The Morgan fingerprint density at radius 2 is 2.26 bits per heavy atom. The summed E-state index contributed by atoms with van der Waals surface area (Å²) in [6.07, 6.45) is 2.39. The number of methoxy groups -OCH3 is 1. The summed E-state index contributed by atoms with van der Waals surface area (Å²) >= 11 is 0. The molecule has 0 aromatic rings. The molecule has 0 aromatic carbocycles. The number of ether oxygens (including phenoxy) is 2. The summed E-state index contributed by atoms with van der Waals surface area (Å²) in [5.41, 5.74) is 0.193. The van der Waals surface area contributed by atoms with Crippen molar-refractivity contribution >= 4 is 5.96 Å². The van der Waals surface area contributed by atoms with Crippen LogP contribution in [0.15, 0.2) is 4.99 Å². The number of aliphatic imine (C=N–C) groups is 1. The molecule has 0 saturated carbocycles. The first kappa shape index (κ1) is 14.6. The van der Waals surface area contributed by atoms with Gasteiger partial charge in [0.25, 0.3) is 0 Å². The summed E-state index contributed by atoms with van der Waals surface area (Å²) in [5.74, 6) is 0.980. The summed E-state index contributed by atoms with van der Waals surface area (Å²) in [5, 5.41) is 3.42. The third-order valence-electron chi connectivity index (χ3n) is 4.36. The summed E-state index contributed by atoms with van der Waals surface area (Å²) in [7, 11) is 3.59. The van der Waals surface area contributed by atoms with Crippen LogP contribution in [0.3, 0.4) is 0 Å². The molecule has 0 aliphatic carbocycles. The number of likely N-dealkylation sites (tertiary alicyclic amines) is 1. The lowest BCUT2D eigenvalue weighted by molar-refractivity contribution is 0.0264. The van der Waals surface area contributed by atoms with Gasteiger partial charge in [0, 0.05) is 45.8 Å². The molecule has 2 heterocycles. The van der Waals surface area contributed by atoms with Gasteiger partial charge in [-0.3, -0.25) is 4.99 Å². The third-order valence-corrected chi connectivity index (χ3v) is 4.36. The average molecular weight is 269 g/mol. The zero-order valence-electron chi connectivity index (χ0n) is 12.7. The van der Waals surface area contributed by atoms with Crippen molar-refractivity contribution in [2.75, 3.05) is 47.0 Å². The van der Waals surface area contributed by atoms with Crippen molar-refractivity contribution in [3.05, 3.63) is 0 Å². The third kappa shape index (κ3) is 3.39. The monoisotopic (exact) mass is 269 g/mol. The zero-order chi connectivity index (χ0) is 13.9. The second-order valence-corrected chi connectivity index (χ2v) is 6.34. The van der Waals surface area contributed by atoms with Gasteiger partial charge in [0.1, 0.15) is 0 Å². The SMILES string of the molecule is CN=C(NCC(C)(C)OC)N1CCC2(CCOC2)C1. The minimum Gasteiger partial charge on any atom is -0.381 e. The summed E-state index contributed by atoms with van der Waals surface area (Å²) in [6, 6.07) is 0. The molecule has 1 unspecified atom stereocenters.